The molecule has 10 heavy (non-hydrogen) atoms. The van der Waals surface area contributed by atoms with Crippen LogP contribution in [0.25, 0.3) is 0 Å². The van der Waals surface area contributed by atoms with Gasteiger partial charge in [0.1, 0.15) is 0 Å². The number of nitrogens with zero attached hydrogens (tertiary/aromatic N) is 1. The summed E-state index contributed by atoms with van der Waals surface area (Å²) in [5.74, 6) is -0.109. The molecule has 0 aromatic carbocycles. The van der Waals surface area contributed by atoms with E-state index < -0.39 is 0 Å². The highest BCUT2D eigenvalue weighted by molar-refractivity contribution is 6.03. The molecule has 0 aromatic rings. The molecule has 1 atom stereocenters. The zero-order valence-electron chi connectivity index (χ0n) is 6.26. The van der Waals surface area contributed by atoms with Gasteiger partial charge in [-0.1, -0.05) is 6.92 Å². The van der Waals surface area contributed by atoms with Crippen molar-refractivity contribution in [3.8, 4) is 0 Å². The summed E-state index contributed by atoms with van der Waals surface area (Å²) < 4.78 is 0. The van der Waals surface area contributed by atoms with E-state index in [9.17, 15) is 9.59 Å². The molecule has 0 radical (unpaired) electrons. The third-order valence-electron chi connectivity index (χ3n) is 1.97. The van der Waals surface area contributed by atoms with E-state index in [0.717, 1.165) is 6.42 Å². The Morgan fingerprint density at radius 1 is 1.60 bits per heavy atom. The molecule has 1 aliphatic heterocycles. The van der Waals surface area contributed by atoms with Gasteiger partial charge in [0, 0.05) is 19.4 Å². The molecule has 0 saturated carbocycles. The van der Waals surface area contributed by atoms with Crippen molar-refractivity contribution in [3.05, 3.63) is 0 Å². The Balaban J connectivity index is 2.71. The Hall–Kier alpha value is -0.860. The molecule has 1 aliphatic rings. The molecule has 2 amide bonds. The van der Waals surface area contributed by atoms with E-state index in [1.807, 2.05) is 6.92 Å². The van der Waals surface area contributed by atoms with Crippen molar-refractivity contribution in [3.63, 3.8) is 0 Å². The Morgan fingerprint density at radius 2 is 2.20 bits per heavy atom. The van der Waals surface area contributed by atoms with Gasteiger partial charge in [0.15, 0.2) is 0 Å². The number of likely N-dealkylation sites (tertiary alicyclic amines) is 1. The van der Waals surface area contributed by atoms with E-state index in [1.54, 1.807) is 7.05 Å². The van der Waals surface area contributed by atoms with Crippen molar-refractivity contribution in [2.75, 3.05) is 7.05 Å². The van der Waals surface area contributed by atoms with Crippen LogP contribution >= 0.6 is 0 Å². The summed E-state index contributed by atoms with van der Waals surface area (Å²) in [6, 6.07) is 0. The van der Waals surface area contributed by atoms with Gasteiger partial charge >= 0.3 is 0 Å². The summed E-state index contributed by atoms with van der Waals surface area (Å²) in [4.78, 5) is 23.1. The van der Waals surface area contributed by atoms with Crippen LogP contribution in [0.3, 0.4) is 0 Å². The van der Waals surface area contributed by atoms with Crippen molar-refractivity contribution in [1.29, 1.82) is 0 Å². The van der Waals surface area contributed by atoms with E-state index in [0.29, 0.717) is 6.42 Å². The van der Waals surface area contributed by atoms with E-state index in [1.165, 1.54) is 4.90 Å². The first kappa shape index (κ1) is 7.25. The molecule has 56 valence electrons. The minimum Gasteiger partial charge on any atom is -0.285 e. The van der Waals surface area contributed by atoms with E-state index in [-0.39, 0.29) is 17.7 Å². The molecule has 0 spiro atoms. The Kier molecular flexibility index (Phi) is 1.74. The van der Waals surface area contributed by atoms with E-state index >= 15 is 0 Å². The van der Waals surface area contributed by atoms with Crippen LogP contribution in [0.4, 0.5) is 0 Å². The van der Waals surface area contributed by atoms with Gasteiger partial charge in [-0.2, -0.15) is 0 Å². The fraction of sp³-hybridized carbons (Fsp3) is 0.714. The van der Waals surface area contributed by atoms with Gasteiger partial charge in [-0.05, 0) is 6.42 Å². The summed E-state index contributed by atoms with van der Waals surface area (Å²) in [5.41, 5.74) is 0. The minimum atomic E-state index is -0.0446. The maximum absolute atomic E-state index is 11.1. The highest BCUT2D eigenvalue weighted by Gasteiger charge is 2.34. The maximum Gasteiger partial charge on any atom is 0.232 e. The summed E-state index contributed by atoms with van der Waals surface area (Å²) >= 11 is 0. The van der Waals surface area contributed by atoms with Gasteiger partial charge < -0.3 is 0 Å². The lowest BCUT2D eigenvalue weighted by Crippen LogP contribution is -2.25. The lowest BCUT2D eigenvalue weighted by molar-refractivity contribution is -0.137. The summed E-state index contributed by atoms with van der Waals surface area (Å²) in [6.07, 6.45) is 1.18. The van der Waals surface area contributed by atoms with Crippen molar-refractivity contribution < 1.29 is 9.59 Å². The summed E-state index contributed by atoms with van der Waals surface area (Å²) in [6.45, 7) is 1.93. The van der Waals surface area contributed by atoms with Crippen molar-refractivity contribution in [2.45, 2.75) is 19.8 Å². The van der Waals surface area contributed by atoms with Crippen LogP contribution < -0.4 is 0 Å². The average molecular weight is 141 g/mol. The third-order valence-corrected chi connectivity index (χ3v) is 1.97. The molecule has 1 rings (SSSR count). The summed E-state index contributed by atoms with van der Waals surface area (Å²) in [5, 5.41) is 0. The normalized spacial score (nSPS) is 26.2. The minimum absolute atomic E-state index is 0.0208. The fourth-order valence-electron chi connectivity index (χ4n) is 1.15. The largest absolute Gasteiger partial charge is 0.285 e. The lowest BCUT2D eigenvalue weighted by Gasteiger charge is -2.05. The van der Waals surface area contributed by atoms with Gasteiger partial charge in [0.05, 0.1) is 0 Å². The van der Waals surface area contributed by atoms with Crippen LogP contribution in [-0.2, 0) is 9.59 Å². The molecule has 0 aliphatic carbocycles. The lowest BCUT2D eigenvalue weighted by atomic mass is 10.1. The molecule has 3 heteroatoms. The molecule has 3 nitrogen and oxygen atoms in total. The topological polar surface area (TPSA) is 37.4 Å². The number of hydrogen-bond acceptors (Lipinski definition) is 2. The number of imide groups is 1. The smallest absolute Gasteiger partial charge is 0.232 e. The molecule has 0 aromatic heterocycles. The monoisotopic (exact) mass is 141 g/mol. The standard InChI is InChI=1S/C7H11NO2/c1-3-5-4-6(9)8(2)7(5)10/h5H,3-4H2,1-2H3. The van der Waals surface area contributed by atoms with E-state index in [4.69, 9.17) is 0 Å². The van der Waals surface area contributed by atoms with Gasteiger partial charge in [0.25, 0.3) is 0 Å². The molecule has 0 bridgehead atoms. The van der Waals surface area contributed by atoms with Crippen molar-refractivity contribution in [2.24, 2.45) is 5.92 Å². The number of carbonyl (C=O) groups is 2. The second-order valence-electron chi connectivity index (χ2n) is 2.60. The van der Waals surface area contributed by atoms with Gasteiger partial charge in [0.2, 0.25) is 11.8 Å². The number of amides is 2. The first-order valence-corrected chi connectivity index (χ1v) is 3.47. The van der Waals surface area contributed by atoms with Crippen LogP contribution in [0, 0.1) is 5.92 Å². The first-order chi connectivity index (χ1) is 4.66. The van der Waals surface area contributed by atoms with Crippen molar-refractivity contribution in [1.82, 2.24) is 4.90 Å². The molecule has 1 fully saturated rings. The van der Waals surface area contributed by atoms with Gasteiger partial charge in [-0.3, -0.25) is 14.5 Å². The number of rotatable bonds is 1. The number of hydrogen-bond donors (Lipinski definition) is 0. The Bertz CT molecular complexity index is 176. The van der Waals surface area contributed by atoms with Crippen LogP contribution in [0.15, 0.2) is 0 Å². The van der Waals surface area contributed by atoms with Crippen LogP contribution in [0.5, 0.6) is 0 Å². The van der Waals surface area contributed by atoms with Crippen LogP contribution in [0.2, 0.25) is 0 Å². The first-order valence-electron chi connectivity index (χ1n) is 3.47. The summed E-state index contributed by atoms with van der Waals surface area (Å²) in [7, 11) is 1.54. The number of carbonyl (C=O) groups excluding carboxylic acids is 2. The van der Waals surface area contributed by atoms with E-state index in [2.05, 4.69) is 0 Å². The second kappa shape index (κ2) is 2.40. The van der Waals surface area contributed by atoms with Crippen LogP contribution in [-0.4, -0.2) is 23.8 Å². The SMILES string of the molecule is CCC1CC(=O)N(C)C1=O. The molecular formula is C7H11NO2. The zero-order chi connectivity index (χ0) is 7.72. The predicted octanol–water partition coefficient (Wildman–Crippen LogP) is 0.401. The molecular weight excluding hydrogens is 130 g/mol. The second-order valence-corrected chi connectivity index (χ2v) is 2.60. The Morgan fingerprint density at radius 3 is 2.40 bits per heavy atom. The quantitative estimate of drug-likeness (QED) is 0.496. The van der Waals surface area contributed by atoms with Crippen molar-refractivity contribution >= 4 is 11.8 Å². The Labute approximate surface area is 60.0 Å². The van der Waals surface area contributed by atoms with Gasteiger partial charge in [-0.25, -0.2) is 0 Å². The average Bonchev–Trinajstić information content (AvgIpc) is 2.17. The third kappa shape index (κ3) is 0.916. The molecule has 1 saturated heterocycles. The highest BCUT2D eigenvalue weighted by Crippen LogP contribution is 2.19. The van der Waals surface area contributed by atoms with Crippen LogP contribution in [0.1, 0.15) is 19.8 Å². The van der Waals surface area contributed by atoms with Gasteiger partial charge in [-0.15, -0.1) is 0 Å². The fourth-order valence-corrected chi connectivity index (χ4v) is 1.15. The molecule has 1 unspecified atom stereocenters. The maximum atomic E-state index is 11.1. The highest BCUT2D eigenvalue weighted by atomic mass is 16.2. The molecule has 1 heterocycles. The zero-order valence-corrected chi connectivity index (χ0v) is 6.26. The predicted molar refractivity (Wildman–Crippen MR) is 36.2 cm³/mol. The molecule has 0 N–H and O–H groups in total.